The van der Waals surface area contributed by atoms with E-state index in [9.17, 15) is 9.59 Å². The summed E-state index contributed by atoms with van der Waals surface area (Å²) in [5.74, 6) is 0.382. The van der Waals surface area contributed by atoms with Gasteiger partial charge in [0.1, 0.15) is 5.75 Å². The highest BCUT2D eigenvalue weighted by Gasteiger charge is 2.11. The largest absolute Gasteiger partial charge is 0.491 e. The van der Waals surface area contributed by atoms with Crippen LogP contribution in [-0.2, 0) is 11.2 Å². The summed E-state index contributed by atoms with van der Waals surface area (Å²) in [6.45, 7) is 0.517. The molecule has 4 nitrogen and oxygen atoms in total. The van der Waals surface area contributed by atoms with E-state index in [2.05, 4.69) is 17.4 Å². The molecular formula is C24H23NO3. The molecule has 1 amide bonds. The smallest absolute Gasteiger partial charge is 0.224 e. The number of hydrogen-bond acceptors (Lipinski definition) is 3. The van der Waals surface area contributed by atoms with Crippen molar-refractivity contribution in [3.63, 3.8) is 0 Å². The standard InChI is InChI=1S/C24H23NO3/c26-22(20-11-5-2-6-12-20)15-16-24(27)25-21-13-7-8-14-23(21)28-18-17-19-9-3-1-4-10-19/h1-14H,15-18H2,(H,25,27). The number of rotatable bonds is 9. The van der Waals surface area contributed by atoms with E-state index in [0.717, 1.165) is 6.42 Å². The van der Waals surface area contributed by atoms with Gasteiger partial charge in [0, 0.05) is 24.8 Å². The number of Topliss-reactive ketones (excluding diaryl/α,β-unsaturated/α-hetero) is 1. The number of carbonyl (C=O) groups excluding carboxylic acids is 2. The number of anilines is 1. The van der Waals surface area contributed by atoms with Crippen molar-refractivity contribution in [2.75, 3.05) is 11.9 Å². The van der Waals surface area contributed by atoms with Gasteiger partial charge in [-0.25, -0.2) is 0 Å². The fourth-order valence-corrected chi connectivity index (χ4v) is 2.83. The van der Waals surface area contributed by atoms with Crippen LogP contribution in [0.5, 0.6) is 5.75 Å². The van der Waals surface area contributed by atoms with Gasteiger partial charge in [0.25, 0.3) is 0 Å². The minimum absolute atomic E-state index is 0.0388. The summed E-state index contributed by atoms with van der Waals surface area (Å²) < 4.78 is 5.86. The highest BCUT2D eigenvalue weighted by Crippen LogP contribution is 2.24. The van der Waals surface area contributed by atoms with E-state index in [0.29, 0.717) is 23.6 Å². The number of carbonyl (C=O) groups is 2. The molecule has 0 saturated heterocycles. The molecule has 3 aromatic rings. The van der Waals surface area contributed by atoms with Crippen LogP contribution in [0.25, 0.3) is 0 Å². The van der Waals surface area contributed by atoms with E-state index in [1.165, 1.54) is 5.56 Å². The second-order valence-electron chi connectivity index (χ2n) is 6.42. The highest BCUT2D eigenvalue weighted by atomic mass is 16.5. The molecule has 1 N–H and O–H groups in total. The zero-order valence-electron chi connectivity index (χ0n) is 15.6. The van der Waals surface area contributed by atoms with Crippen molar-refractivity contribution in [1.29, 1.82) is 0 Å². The number of hydrogen-bond donors (Lipinski definition) is 1. The first-order valence-electron chi connectivity index (χ1n) is 9.36. The van der Waals surface area contributed by atoms with Gasteiger partial charge in [-0.3, -0.25) is 9.59 Å². The van der Waals surface area contributed by atoms with E-state index in [1.54, 1.807) is 18.2 Å². The van der Waals surface area contributed by atoms with Gasteiger partial charge in [0.15, 0.2) is 5.78 Å². The maximum absolute atomic E-state index is 12.3. The summed E-state index contributed by atoms with van der Waals surface area (Å²) in [5, 5.41) is 2.85. The molecule has 0 aromatic heterocycles. The van der Waals surface area contributed by atoms with Crippen LogP contribution in [0.4, 0.5) is 5.69 Å². The second kappa shape index (κ2) is 10.1. The molecule has 0 aliphatic carbocycles. The van der Waals surface area contributed by atoms with Crippen molar-refractivity contribution in [1.82, 2.24) is 0 Å². The number of ether oxygens (including phenoxy) is 1. The van der Waals surface area contributed by atoms with Gasteiger partial charge in [-0.15, -0.1) is 0 Å². The van der Waals surface area contributed by atoms with E-state index >= 15 is 0 Å². The van der Waals surface area contributed by atoms with Gasteiger partial charge >= 0.3 is 0 Å². The summed E-state index contributed by atoms with van der Waals surface area (Å²) in [7, 11) is 0. The van der Waals surface area contributed by atoms with Crippen LogP contribution in [-0.4, -0.2) is 18.3 Å². The summed E-state index contributed by atoms with van der Waals surface area (Å²) in [4.78, 5) is 24.4. The van der Waals surface area contributed by atoms with Crippen LogP contribution in [0.3, 0.4) is 0 Å². The third-order valence-corrected chi connectivity index (χ3v) is 4.33. The Labute approximate surface area is 165 Å². The molecule has 0 spiro atoms. The third-order valence-electron chi connectivity index (χ3n) is 4.33. The van der Waals surface area contributed by atoms with Crippen LogP contribution in [0.1, 0.15) is 28.8 Å². The lowest BCUT2D eigenvalue weighted by atomic mass is 10.1. The lowest BCUT2D eigenvalue weighted by Gasteiger charge is -2.12. The highest BCUT2D eigenvalue weighted by molar-refractivity contribution is 6.00. The molecule has 0 atom stereocenters. The molecule has 3 aromatic carbocycles. The number of amides is 1. The Hall–Kier alpha value is -3.40. The molecule has 0 fully saturated rings. The topological polar surface area (TPSA) is 55.4 Å². The molecule has 0 heterocycles. The average Bonchev–Trinajstić information content (AvgIpc) is 2.74. The van der Waals surface area contributed by atoms with E-state index in [-0.39, 0.29) is 24.5 Å². The number of benzene rings is 3. The first kappa shape index (κ1) is 19.4. The Morgan fingerprint density at radius 3 is 2.14 bits per heavy atom. The zero-order valence-corrected chi connectivity index (χ0v) is 15.6. The predicted octanol–water partition coefficient (Wildman–Crippen LogP) is 4.91. The molecule has 0 unspecified atom stereocenters. The average molecular weight is 373 g/mol. The van der Waals surface area contributed by atoms with Crippen LogP contribution < -0.4 is 10.1 Å². The zero-order chi connectivity index (χ0) is 19.6. The van der Waals surface area contributed by atoms with Crippen LogP contribution >= 0.6 is 0 Å². The monoisotopic (exact) mass is 373 g/mol. The van der Waals surface area contributed by atoms with E-state index in [4.69, 9.17) is 4.74 Å². The van der Waals surface area contributed by atoms with Gasteiger partial charge in [-0.2, -0.15) is 0 Å². The maximum Gasteiger partial charge on any atom is 0.224 e. The minimum atomic E-state index is -0.205. The van der Waals surface area contributed by atoms with Gasteiger partial charge in [-0.1, -0.05) is 72.8 Å². The van der Waals surface area contributed by atoms with E-state index in [1.807, 2.05) is 54.6 Å². The molecule has 0 radical (unpaired) electrons. The van der Waals surface area contributed by atoms with Gasteiger partial charge in [0.2, 0.25) is 5.91 Å². The molecule has 0 saturated carbocycles. The minimum Gasteiger partial charge on any atom is -0.491 e. The summed E-state index contributed by atoms with van der Waals surface area (Å²) >= 11 is 0. The van der Waals surface area contributed by atoms with Crippen molar-refractivity contribution in [2.45, 2.75) is 19.3 Å². The quantitative estimate of drug-likeness (QED) is 0.542. The number of nitrogens with one attached hydrogen (secondary N) is 1. The molecule has 3 rings (SSSR count). The van der Waals surface area contributed by atoms with Crippen molar-refractivity contribution in [3.05, 3.63) is 96.1 Å². The molecule has 4 heteroatoms. The summed E-state index contributed by atoms with van der Waals surface area (Å²) in [5.41, 5.74) is 2.44. The molecule has 142 valence electrons. The van der Waals surface area contributed by atoms with Gasteiger partial charge in [-0.05, 0) is 17.7 Å². The first-order valence-corrected chi connectivity index (χ1v) is 9.36. The fraction of sp³-hybridized carbons (Fsp3) is 0.167. The lowest BCUT2D eigenvalue weighted by Crippen LogP contribution is -2.14. The number of ketones is 1. The summed E-state index contributed by atoms with van der Waals surface area (Å²) in [6.07, 6.45) is 1.09. The van der Waals surface area contributed by atoms with E-state index < -0.39 is 0 Å². The third kappa shape index (κ3) is 5.81. The summed E-state index contributed by atoms with van der Waals surface area (Å²) in [6, 6.07) is 26.4. The Morgan fingerprint density at radius 1 is 0.750 bits per heavy atom. The lowest BCUT2D eigenvalue weighted by molar-refractivity contribution is -0.116. The molecule has 0 aliphatic heterocycles. The Morgan fingerprint density at radius 2 is 1.39 bits per heavy atom. The van der Waals surface area contributed by atoms with Crippen molar-refractivity contribution in [3.8, 4) is 5.75 Å². The van der Waals surface area contributed by atoms with Gasteiger partial charge in [0.05, 0.1) is 12.3 Å². The molecule has 0 aliphatic rings. The molecule has 28 heavy (non-hydrogen) atoms. The van der Waals surface area contributed by atoms with Gasteiger partial charge < -0.3 is 10.1 Å². The Balaban J connectivity index is 1.51. The normalized spacial score (nSPS) is 10.3. The van der Waals surface area contributed by atoms with Crippen LogP contribution in [0.15, 0.2) is 84.9 Å². The first-order chi connectivity index (χ1) is 13.7. The molecular weight excluding hydrogens is 350 g/mol. The van der Waals surface area contributed by atoms with Crippen LogP contribution in [0, 0.1) is 0 Å². The maximum atomic E-state index is 12.3. The van der Waals surface area contributed by atoms with Crippen molar-refractivity contribution in [2.24, 2.45) is 0 Å². The fourth-order valence-electron chi connectivity index (χ4n) is 2.83. The Bertz CT molecular complexity index is 907. The Kier molecular flexibility index (Phi) is 6.96. The van der Waals surface area contributed by atoms with Crippen LogP contribution in [0.2, 0.25) is 0 Å². The van der Waals surface area contributed by atoms with Crippen molar-refractivity contribution >= 4 is 17.4 Å². The molecule has 0 bridgehead atoms. The predicted molar refractivity (Wildman–Crippen MR) is 111 cm³/mol. The SMILES string of the molecule is O=C(CCC(=O)c1ccccc1)Nc1ccccc1OCCc1ccccc1. The van der Waals surface area contributed by atoms with Crippen molar-refractivity contribution < 1.29 is 14.3 Å². The second-order valence-corrected chi connectivity index (χ2v) is 6.42. The number of para-hydroxylation sites is 2.